The smallest absolute Gasteiger partial charge is 0.295 e. The number of aliphatic hydroxyl groups is 1. The Kier molecular flexibility index (Phi) is 8.38. The Balaban J connectivity index is 1.94. The van der Waals surface area contributed by atoms with Crippen LogP contribution in [0.15, 0.2) is 60.2 Å². The number of hydrogen-bond donors (Lipinski definition) is 1. The minimum absolute atomic E-state index is 0.0238. The van der Waals surface area contributed by atoms with Crippen LogP contribution in [0.5, 0.6) is 17.2 Å². The van der Waals surface area contributed by atoms with Gasteiger partial charge >= 0.3 is 0 Å². The number of methoxy groups -OCH3 is 3. The second-order valence-electron chi connectivity index (χ2n) is 10.4. The van der Waals surface area contributed by atoms with Crippen molar-refractivity contribution in [2.24, 2.45) is 0 Å². The summed E-state index contributed by atoms with van der Waals surface area (Å²) in [7, 11) is 4.33. The molecule has 1 fully saturated rings. The molecule has 1 N–H and O–H groups in total. The molecule has 1 aliphatic rings. The van der Waals surface area contributed by atoms with E-state index in [-0.39, 0.29) is 44.6 Å². The van der Waals surface area contributed by atoms with E-state index in [1.807, 2.05) is 36.4 Å². The highest BCUT2D eigenvalue weighted by atomic mass is 35.5. The maximum absolute atomic E-state index is 13.6. The van der Waals surface area contributed by atoms with E-state index in [0.29, 0.717) is 11.3 Å². The minimum Gasteiger partial charge on any atom is -0.507 e. The van der Waals surface area contributed by atoms with E-state index < -0.39 is 23.5 Å². The Morgan fingerprint density at radius 1 is 0.925 bits per heavy atom. The maximum atomic E-state index is 13.6. The van der Waals surface area contributed by atoms with Gasteiger partial charge in [0.05, 0.1) is 43.5 Å². The molecule has 0 radical (unpaired) electrons. The molecular formula is C31H31Cl2NO6. The monoisotopic (exact) mass is 583 g/mol. The Labute approximate surface area is 243 Å². The van der Waals surface area contributed by atoms with Gasteiger partial charge in [-0.25, -0.2) is 0 Å². The molecule has 210 valence electrons. The largest absolute Gasteiger partial charge is 0.507 e. The molecule has 1 atom stereocenters. The minimum atomic E-state index is -0.899. The zero-order chi connectivity index (χ0) is 29.4. The van der Waals surface area contributed by atoms with Crippen molar-refractivity contribution >= 4 is 40.7 Å². The van der Waals surface area contributed by atoms with Gasteiger partial charge in [-0.3, -0.25) is 9.59 Å². The average molecular weight is 584 g/mol. The summed E-state index contributed by atoms with van der Waals surface area (Å²) in [6.45, 7) is 6.40. The van der Waals surface area contributed by atoms with Gasteiger partial charge in [0, 0.05) is 6.54 Å². The zero-order valence-corrected chi connectivity index (χ0v) is 24.7. The summed E-state index contributed by atoms with van der Waals surface area (Å²) in [5.41, 5.74) is 2.34. The van der Waals surface area contributed by atoms with Gasteiger partial charge < -0.3 is 24.2 Å². The number of rotatable bonds is 7. The molecule has 0 aliphatic carbocycles. The summed E-state index contributed by atoms with van der Waals surface area (Å²) < 4.78 is 16.1. The lowest BCUT2D eigenvalue weighted by atomic mass is 9.85. The van der Waals surface area contributed by atoms with Gasteiger partial charge in [-0.15, -0.1) is 0 Å². The second kappa shape index (κ2) is 11.4. The summed E-state index contributed by atoms with van der Waals surface area (Å²) >= 11 is 12.9. The van der Waals surface area contributed by atoms with Gasteiger partial charge in [0.15, 0.2) is 11.5 Å². The van der Waals surface area contributed by atoms with Crippen LogP contribution in [0.3, 0.4) is 0 Å². The molecule has 1 heterocycles. The molecule has 0 spiro atoms. The fourth-order valence-corrected chi connectivity index (χ4v) is 5.50. The number of ketones is 1. The normalized spacial score (nSPS) is 16.8. The molecule has 9 heteroatoms. The highest BCUT2D eigenvalue weighted by molar-refractivity contribution is 6.47. The van der Waals surface area contributed by atoms with Crippen LogP contribution in [0.4, 0.5) is 0 Å². The van der Waals surface area contributed by atoms with Gasteiger partial charge in [0.2, 0.25) is 0 Å². The predicted molar refractivity (Wildman–Crippen MR) is 156 cm³/mol. The lowest BCUT2D eigenvalue weighted by Crippen LogP contribution is -2.29. The first kappa shape index (κ1) is 29.3. The topological polar surface area (TPSA) is 85.3 Å². The van der Waals surface area contributed by atoms with E-state index in [4.69, 9.17) is 37.4 Å². The molecule has 0 aromatic heterocycles. The van der Waals surface area contributed by atoms with Crippen LogP contribution >= 0.6 is 23.2 Å². The number of likely N-dealkylation sites (tertiary alicyclic amines) is 1. The second-order valence-corrected chi connectivity index (χ2v) is 11.2. The van der Waals surface area contributed by atoms with Crippen molar-refractivity contribution in [1.29, 1.82) is 0 Å². The Morgan fingerprint density at radius 2 is 1.57 bits per heavy atom. The van der Waals surface area contributed by atoms with Crippen molar-refractivity contribution in [3.8, 4) is 17.2 Å². The van der Waals surface area contributed by atoms with Crippen molar-refractivity contribution in [2.45, 2.75) is 38.8 Å². The van der Waals surface area contributed by atoms with E-state index in [1.165, 1.54) is 25.2 Å². The van der Waals surface area contributed by atoms with Crippen LogP contribution < -0.4 is 14.2 Å². The molecule has 3 aromatic carbocycles. The first-order valence-electron chi connectivity index (χ1n) is 12.5. The van der Waals surface area contributed by atoms with Gasteiger partial charge in [0.25, 0.3) is 11.7 Å². The van der Waals surface area contributed by atoms with E-state index in [9.17, 15) is 14.7 Å². The van der Waals surface area contributed by atoms with Gasteiger partial charge in [-0.1, -0.05) is 80.4 Å². The van der Waals surface area contributed by atoms with Crippen LogP contribution in [-0.2, 0) is 21.5 Å². The van der Waals surface area contributed by atoms with Crippen LogP contribution in [0.1, 0.15) is 49.1 Å². The first-order chi connectivity index (χ1) is 18.9. The van der Waals surface area contributed by atoms with Crippen LogP contribution in [0.2, 0.25) is 10.0 Å². The predicted octanol–water partition coefficient (Wildman–Crippen LogP) is 6.94. The Hall–Kier alpha value is -3.68. The molecule has 1 unspecified atom stereocenters. The number of amides is 1. The molecule has 1 aliphatic heterocycles. The lowest BCUT2D eigenvalue weighted by molar-refractivity contribution is -0.140. The number of nitrogens with zero attached hydrogens (tertiary/aromatic N) is 1. The van der Waals surface area contributed by atoms with E-state index in [2.05, 4.69) is 20.8 Å². The van der Waals surface area contributed by atoms with Crippen molar-refractivity contribution in [2.75, 3.05) is 21.3 Å². The summed E-state index contributed by atoms with van der Waals surface area (Å²) in [5.74, 6) is -1.22. The maximum Gasteiger partial charge on any atom is 0.295 e. The zero-order valence-electron chi connectivity index (χ0n) is 23.2. The van der Waals surface area contributed by atoms with Gasteiger partial charge in [0.1, 0.15) is 16.5 Å². The number of halogens is 2. The molecule has 4 rings (SSSR count). The Morgan fingerprint density at radius 3 is 2.15 bits per heavy atom. The molecule has 3 aromatic rings. The first-order valence-corrected chi connectivity index (χ1v) is 13.3. The fourth-order valence-electron chi connectivity index (χ4n) is 4.81. The van der Waals surface area contributed by atoms with Gasteiger partial charge in [-0.05, 0) is 40.3 Å². The van der Waals surface area contributed by atoms with Crippen molar-refractivity contribution in [3.05, 3.63) is 92.5 Å². The highest BCUT2D eigenvalue weighted by Gasteiger charge is 2.46. The number of hydrogen-bond acceptors (Lipinski definition) is 6. The van der Waals surface area contributed by atoms with E-state index >= 15 is 0 Å². The average Bonchev–Trinajstić information content (AvgIpc) is 3.17. The third-order valence-electron chi connectivity index (χ3n) is 6.91. The van der Waals surface area contributed by atoms with Crippen molar-refractivity contribution in [3.63, 3.8) is 0 Å². The summed E-state index contributed by atoms with van der Waals surface area (Å²) in [5, 5.41) is 11.8. The quantitative estimate of drug-likeness (QED) is 0.184. The van der Waals surface area contributed by atoms with Crippen LogP contribution in [0.25, 0.3) is 5.76 Å². The Bertz CT molecular complexity index is 1490. The highest BCUT2D eigenvalue weighted by Crippen LogP contribution is 2.47. The lowest BCUT2D eigenvalue weighted by Gasteiger charge is -2.27. The summed E-state index contributed by atoms with van der Waals surface area (Å²) in [6, 6.07) is 15.4. The number of carbonyl (C=O) groups excluding carboxylic acids is 2. The van der Waals surface area contributed by atoms with Gasteiger partial charge in [-0.2, -0.15) is 0 Å². The molecule has 7 nitrogen and oxygen atoms in total. The number of aliphatic hydroxyl groups excluding tert-OH is 1. The molecule has 1 amide bonds. The SMILES string of the molecule is COc1cccc(CN2C(=O)C(=O)/C(=C(/O)c3cc(Cl)c(OC)c(Cl)c3OC)C2c2ccc(C(C)(C)C)cc2)c1. The molecule has 0 bridgehead atoms. The van der Waals surface area contributed by atoms with E-state index in [1.54, 1.807) is 19.2 Å². The van der Waals surface area contributed by atoms with Crippen molar-refractivity contribution < 1.29 is 28.9 Å². The molecular weight excluding hydrogens is 553 g/mol. The fraction of sp³-hybridized carbons (Fsp3) is 0.290. The summed E-state index contributed by atoms with van der Waals surface area (Å²) in [6.07, 6.45) is 0. The van der Waals surface area contributed by atoms with Crippen molar-refractivity contribution in [1.82, 2.24) is 4.90 Å². The summed E-state index contributed by atoms with van der Waals surface area (Å²) in [4.78, 5) is 28.5. The molecule has 40 heavy (non-hydrogen) atoms. The van der Waals surface area contributed by atoms with Crippen LogP contribution in [-0.4, -0.2) is 43.0 Å². The molecule has 1 saturated heterocycles. The van der Waals surface area contributed by atoms with Crippen LogP contribution in [0, 0.1) is 0 Å². The third kappa shape index (κ3) is 5.36. The third-order valence-corrected chi connectivity index (χ3v) is 7.54. The standard InChI is InChI=1S/C31H31Cl2NO6/c1-31(2,3)19-12-10-18(11-13-19)25-23(26(35)21-15-22(32)29(40-6)24(33)28(21)39-5)27(36)30(37)34(25)16-17-8-7-9-20(14-17)38-4/h7-15,25,35H,16H2,1-6H3/b26-23+. The number of carbonyl (C=O) groups is 2. The number of ether oxygens (including phenoxy) is 3. The van der Waals surface area contributed by atoms with E-state index in [0.717, 1.165) is 11.1 Å². The molecule has 0 saturated carbocycles. The number of benzene rings is 3. The number of Topliss-reactive ketones (excluding diaryl/α,β-unsaturated/α-hetero) is 1.